The Morgan fingerprint density at radius 3 is 2.40 bits per heavy atom. The van der Waals surface area contributed by atoms with Crippen LogP contribution in [0.5, 0.6) is 0 Å². The zero-order valence-electron chi connectivity index (χ0n) is 13.3. The van der Waals surface area contributed by atoms with Crippen molar-refractivity contribution in [2.45, 2.75) is 0 Å². The molecule has 0 spiro atoms. The van der Waals surface area contributed by atoms with Crippen LogP contribution in [0.3, 0.4) is 0 Å². The number of nitrogens with one attached hydrogen (secondary N) is 1. The van der Waals surface area contributed by atoms with Gasteiger partial charge in [-0.25, -0.2) is 9.97 Å². The Kier molecular flexibility index (Phi) is 5.16. The third kappa shape index (κ3) is 4.07. The van der Waals surface area contributed by atoms with Crippen LogP contribution in [0.2, 0.25) is 10.0 Å². The Labute approximate surface area is 155 Å². The second-order valence-electron chi connectivity index (χ2n) is 5.24. The molecule has 0 aliphatic rings. The monoisotopic (exact) mass is 372 g/mol. The number of amides is 1. The molecule has 5 nitrogen and oxygen atoms in total. The van der Waals surface area contributed by atoms with Crippen molar-refractivity contribution in [2.75, 3.05) is 17.3 Å². The largest absolute Gasteiger partial charge is 0.323 e. The van der Waals surface area contributed by atoms with Gasteiger partial charge in [-0.3, -0.25) is 4.79 Å². The van der Waals surface area contributed by atoms with Gasteiger partial charge in [-0.1, -0.05) is 41.4 Å². The fourth-order valence-corrected chi connectivity index (χ4v) is 2.52. The van der Waals surface area contributed by atoms with Crippen LogP contribution in [0.1, 0.15) is 10.4 Å². The van der Waals surface area contributed by atoms with Crippen LogP contribution >= 0.6 is 23.2 Å². The Balaban J connectivity index is 1.76. The Hall–Kier alpha value is -2.63. The number of anilines is 3. The van der Waals surface area contributed by atoms with Crippen molar-refractivity contribution in [2.24, 2.45) is 0 Å². The van der Waals surface area contributed by atoms with Gasteiger partial charge in [-0.2, -0.15) is 0 Å². The van der Waals surface area contributed by atoms with Crippen LogP contribution in [0.15, 0.2) is 60.9 Å². The summed E-state index contributed by atoms with van der Waals surface area (Å²) in [7, 11) is 1.70. The van der Waals surface area contributed by atoms with Crippen molar-refractivity contribution in [1.82, 2.24) is 9.97 Å². The maximum atomic E-state index is 12.5. The van der Waals surface area contributed by atoms with E-state index >= 15 is 0 Å². The molecule has 0 fully saturated rings. The molecule has 0 radical (unpaired) electrons. The Morgan fingerprint density at radius 2 is 1.72 bits per heavy atom. The van der Waals surface area contributed by atoms with E-state index < -0.39 is 0 Å². The maximum absolute atomic E-state index is 12.5. The summed E-state index contributed by atoms with van der Waals surface area (Å²) >= 11 is 12.1. The van der Waals surface area contributed by atoms with Gasteiger partial charge in [0.2, 0.25) is 5.95 Å². The molecule has 3 aromatic rings. The van der Waals surface area contributed by atoms with Crippen molar-refractivity contribution in [1.29, 1.82) is 0 Å². The summed E-state index contributed by atoms with van der Waals surface area (Å²) in [5.41, 5.74) is 1.77. The number of hydrogen-bond donors (Lipinski definition) is 1. The van der Waals surface area contributed by atoms with Gasteiger partial charge in [0, 0.05) is 30.2 Å². The van der Waals surface area contributed by atoms with Gasteiger partial charge in [-0.05, 0) is 30.3 Å². The molecule has 0 saturated carbocycles. The highest BCUT2D eigenvalue weighted by atomic mass is 35.5. The lowest BCUT2D eigenvalue weighted by Gasteiger charge is -2.17. The summed E-state index contributed by atoms with van der Waals surface area (Å²) in [6.07, 6.45) is 2.94. The van der Waals surface area contributed by atoms with Crippen molar-refractivity contribution >= 4 is 46.4 Å². The van der Waals surface area contributed by atoms with Gasteiger partial charge in [-0.15, -0.1) is 0 Å². The molecular formula is C18H14Cl2N4O. The van der Waals surface area contributed by atoms with Crippen molar-refractivity contribution in [3.63, 3.8) is 0 Å². The number of benzene rings is 2. The molecular weight excluding hydrogens is 359 g/mol. The van der Waals surface area contributed by atoms with Crippen molar-refractivity contribution in [3.8, 4) is 0 Å². The second-order valence-corrected chi connectivity index (χ2v) is 6.09. The van der Waals surface area contributed by atoms with Crippen LogP contribution < -0.4 is 10.2 Å². The van der Waals surface area contributed by atoms with E-state index in [1.165, 1.54) is 12.4 Å². The molecule has 126 valence electrons. The predicted octanol–water partition coefficient (Wildman–Crippen LogP) is 4.80. The number of aromatic nitrogens is 2. The number of hydrogen-bond acceptors (Lipinski definition) is 4. The van der Waals surface area contributed by atoms with E-state index in [4.69, 9.17) is 23.2 Å². The first-order chi connectivity index (χ1) is 12.0. The van der Waals surface area contributed by atoms with E-state index in [0.29, 0.717) is 27.2 Å². The summed E-state index contributed by atoms with van der Waals surface area (Å²) < 4.78 is 0. The molecule has 3 rings (SSSR count). The van der Waals surface area contributed by atoms with Crippen LogP contribution in [-0.4, -0.2) is 22.9 Å². The minimum Gasteiger partial charge on any atom is -0.323 e. The quantitative estimate of drug-likeness (QED) is 0.714. The first kappa shape index (κ1) is 17.2. The summed E-state index contributed by atoms with van der Waals surface area (Å²) in [4.78, 5) is 22.4. The molecule has 1 amide bonds. The van der Waals surface area contributed by atoms with Gasteiger partial charge >= 0.3 is 0 Å². The molecule has 0 saturated heterocycles. The minimum atomic E-state index is -0.196. The standard InChI is InChI=1S/C18H14Cl2N4O/c1-24(14-5-3-2-4-6-14)17(25)12-10-21-18(22-11-12)23-16-9-13(19)7-8-15(16)20/h2-11H,1H3,(H,21,22,23). The molecule has 0 unspecified atom stereocenters. The Morgan fingerprint density at radius 1 is 1.04 bits per heavy atom. The molecule has 0 aliphatic carbocycles. The van der Waals surface area contributed by atoms with Crippen molar-refractivity contribution in [3.05, 3.63) is 76.5 Å². The highest BCUT2D eigenvalue weighted by Crippen LogP contribution is 2.27. The van der Waals surface area contributed by atoms with E-state index in [0.717, 1.165) is 5.69 Å². The number of rotatable bonds is 4. The van der Waals surface area contributed by atoms with Gasteiger partial charge < -0.3 is 10.2 Å². The third-order valence-corrected chi connectivity index (χ3v) is 4.09. The summed E-state index contributed by atoms with van der Waals surface area (Å²) in [5, 5.41) is 4.02. The highest BCUT2D eigenvalue weighted by molar-refractivity contribution is 6.35. The molecule has 1 aromatic heterocycles. The summed E-state index contributed by atoms with van der Waals surface area (Å²) in [6.45, 7) is 0. The van der Waals surface area contributed by atoms with Crippen LogP contribution in [0.25, 0.3) is 0 Å². The number of carbonyl (C=O) groups excluding carboxylic acids is 1. The average Bonchev–Trinajstić information content (AvgIpc) is 2.65. The number of para-hydroxylation sites is 1. The molecule has 0 aliphatic heterocycles. The van der Waals surface area contributed by atoms with Crippen LogP contribution in [0, 0.1) is 0 Å². The van der Waals surface area contributed by atoms with E-state index in [2.05, 4.69) is 15.3 Å². The maximum Gasteiger partial charge on any atom is 0.261 e. The molecule has 2 aromatic carbocycles. The Bertz CT molecular complexity index is 885. The van der Waals surface area contributed by atoms with E-state index in [1.807, 2.05) is 30.3 Å². The first-order valence-corrected chi connectivity index (χ1v) is 8.17. The molecule has 25 heavy (non-hydrogen) atoms. The first-order valence-electron chi connectivity index (χ1n) is 7.42. The van der Waals surface area contributed by atoms with Crippen LogP contribution in [-0.2, 0) is 0 Å². The average molecular weight is 373 g/mol. The zero-order valence-corrected chi connectivity index (χ0v) is 14.8. The normalized spacial score (nSPS) is 10.4. The number of carbonyl (C=O) groups is 1. The van der Waals surface area contributed by atoms with E-state index in [9.17, 15) is 4.79 Å². The topological polar surface area (TPSA) is 58.1 Å². The van der Waals surface area contributed by atoms with E-state index in [1.54, 1.807) is 30.1 Å². The van der Waals surface area contributed by atoms with E-state index in [-0.39, 0.29) is 5.91 Å². The lowest BCUT2D eigenvalue weighted by molar-refractivity contribution is 0.0992. The van der Waals surface area contributed by atoms with Gasteiger partial charge in [0.15, 0.2) is 0 Å². The van der Waals surface area contributed by atoms with Gasteiger partial charge in [0.25, 0.3) is 5.91 Å². The predicted molar refractivity (Wildman–Crippen MR) is 101 cm³/mol. The fraction of sp³-hybridized carbons (Fsp3) is 0.0556. The van der Waals surface area contributed by atoms with Crippen molar-refractivity contribution < 1.29 is 4.79 Å². The molecule has 0 atom stereocenters. The second kappa shape index (κ2) is 7.51. The van der Waals surface area contributed by atoms with Gasteiger partial charge in [0.05, 0.1) is 16.3 Å². The summed E-state index contributed by atoms with van der Waals surface area (Å²) in [5.74, 6) is 0.126. The highest BCUT2D eigenvalue weighted by Gasteiger charge is 2.14. The smallest absolute Gasteiger partial charge is 0.261 e. The van der Waals surface area contributed by atoms with Crippen LogP contribution in [0.4, 0.5) is 17.3 Å². The van der Waals surface area contributed by atoms with Gasteiger partial charge in [0.1, 0.15) is 0 Å². The molecule has 0 bridgehead atoms. The third-order valence-electron chi connectivity index (χ3n) is 3.52. The molecule has 7 heteroatoms. The minimum absolute atomic E-state index is 0.196. The SMILES string of the molecule is CN(C(=O)c1cnc(Nc2cc(Cl)ccc2Cl)nc1)c1ccccc1. The molecule has 1 N–H and O–H groups in total. The fourth-order valence-electron chi connectivity index (χ4n) is 2.18. The number of halogens is 2. The number of nitrogens with zero attached hydrogens (tertiary/aromatic N) is 3. The lowest BCUT2D eigenvalue weighted by atomic mass is 10.2. The lowest BCUT2D eigenvalue weighted by Crippen LogP contribution is -2.26. The summed E-state index contributed by atoms with van der Waals surface area (Å²) in [6, 6.07) is 14.4. The zero-order chi connectivity index (χ0) is 17.8. The molecule has 1 heterocycles.